The summed E-state index contributed by atoms with van der Waals surface area (Å²) < 4.78 is 34.2. The van der Waals surface area contributed by atoms with Crippen molar-refractivity contribution in [1.82, 2.24) is 19.9 Å². The van der Waals surface area contributed by atoms with Crippen molar-refractivity contribution in [1.29, 1.82) is 0 Å². The van der Waals surface area contributed by atoms with Gasteiger partial charge in [0.15, 0.2) is 0 Å². The number of aromatic nitrogens is 3. The number of alkyl halides is 2. The Morgan fingerprint density at radius 3 is 2.63 bits per heavy atom. The van der Waals surface area contributed by atoms with E-state index in [1.54, 1.807) is 26.8 Å². The molecule has 0 atom stereocenters. The lowest BCUT2D eigenvalue weighted by atomic mass is 9.86. The average molecular weight is 504 g/mol. The largest absolute Gasteiger partial charge is 0.462 e. The average Bonchev–Trinajstić information content (AvgIpc) is 3.30. The Balaban J connectivity index is 1.60. The number of hydrogen-bond acceptors (Lipinski definition) is 8. The number of anilines is 2. The van der Waals surface area contributed by atoms with Crippen molar-refractivity contribution in [2.45, 2.75) is 58.0 Å². The summed E-state index contributed by atoms with van der Waals surface area (Å²) in [4.78, 5) is 48.2. The monoisotopic (exact) mass is 503 g/mol. The molecule has 0 aromatic carbocycles. The maximum atomic E-state index is 13.9. The van der Waals surface area contributed by atoms with Crippen molar-refractivity contribution in [2.75, 3.05) is 11.9 Å². The number of pyridine rings is 1. The maximum Gasteiger partial charge on any atom is 0.348 e. The number of amides is 1. The molecule has 3 aromatic rings. The van der Waals surface area contributed by atoms with Crippen LogP contribution >= 0.6 is 11.3 Å². The van der Waals surface area contributed by atoms with Gasteiger partial charge in [0.25, 0.3) is 11.5 Å². The lowest BCUT2D eigenvalue weighted by molar-refractivity contribution is -0.0667. The van der Waals surface area contributed by atoms with Crippen LogP contribution in [0.25, 0.3) is 10.2 Å². The van der Waals surface area contributed by atoms with E-state index in [1.807, 2.05) is 0 Å². The van der Waals surface area contributed by atoms with E-state index in [0.717, 1.165) is 0 Å². The molecule has 0 saturated heterocycles. The molecule has 5 rings (SSSR count). The summed E-state index contributed by atoms with van der Waals surface area (Å²) in [6.45, 7) is 5.39. The van der Waals surface area contributed by atoms with Crippen molar-refractivity contribution in [2.24, 2.45) is 0 Å². The van der Waals surface area contributed by atoms with Crippen LogP contribution in [-0.2, 0) is 10.4 Å². The SMILES string of the molecule is CCOC(=O)c1sc2ncnc(Nc3cc(C)c4n(c3=O)C3(CCC(F)(F)CC3)NC4=O)c2c1C. The number of carbonyl (C=O) groups excluding carboxylic acids is 2. The molecule has 184 valence electrons. The molecule has 1 amide bonds. The molecule has 9 nitrogen and oxygen atoms in total. The fourth-order valence-corrected chi connectivity index (χ4v) is 5.96. The fraction of sp³-hybridized carbons (Fsp3) is 0.435. The predicted octanol–water partition coefficient (Wildman–Crippen LogP) is 4.00. The summed E-state index contributed by atoms with van der Waals surface area (Å²) in [5, 5.41) is 6.42. The Labute approximate surface area is 202 Å². The fourth-order valence-electron chi connectivity index (χ4n) is 4.91. The highest BCUT2D eigenvalue weighted by Crippen LogP contribution is 2.44. The van der Waals surface area contributed by atoms with Crippen LogP contribution in [0.4, 0.5) is 20.3 Å². The number of esters is 1. The number of fused-ring (bicyclic) bond motifs is 3. The highest BCUT2D eigenvalue weighted by molar-refractivity contribution is 7.20. The molecule has 1 fully saturated rings. The van der Waals surface area contributed by atoms with Crippen molar-refractivity contribution in [3.63, 3.8) is 0 Å². The van der Waals surface area contributed by atoms with Gasteiger partial charge in [0.2, 0.25) is 5.92 Å². The van der Waals surface area contributed by atoms with E-state index in [-0.39, 0.29) is 30.8 Å². The van der Waals surface area contributed by atoms with Gasteiger partial charge < -0.3 is 15.4 Å². The third-order valence-corrected chi connectivity index (χ3v) is 7.81. The van der Waals surface area contributed by atoms with Gasteiger partial charge in [0.1, 0.15) is 38.9 Å². The molecule has 0 radical (unpaired) electrons. The van der Waals surface area contributed by atoms with E-state index in [2.05, 4.69) is 20.6 Å². The van der Waals surface area contributed by atoms with E-state index in [0.29, 0.717) is 32.0 Å². The predicted molar refractivity (Wildman–Crippen MR) is 126 cm³/mol. The Kier molecular flexibility index (Phi) is 5.38. The van der Waals surface area contributed by atoms with Gasteiger partial charge in [0.05, 0.1) is 12.0 Å². The second kappa shape index (κ2) is 8.08. The lowest BCUT2D eigenvalue weighted by Crippen LogP contribution is -2.51. The molecule has 1 spiro atoms. The van der Waals surface area contributed by atoms with Crippen LogP contribution in [0.15, 0.2) is 17.2 Å². The van der Waals surface area contributed by atoms with E-state index in [1.165, 1.54) is 22.2 Å². The van der Waals surface area contributed by atoms with Crippen LogP contribution in [-0.4, -0.2) is 38.9 Å². The van der Waals surface area contributed by atoms with Gasteiger partial charge in [-0.1, -0.05) is 0 Å². The zero-order valence-electron chi connectivity index (χ0n) is 19.3. The van der Waals surface area contributed by atoms with E-state index >= 15 is 0 Å². The molecule has 0 unspecified atom stereocenters. The van der Waals surface area contributed by atoms with Crippen LogP contribution in [0.5, 0.6) is 0 Å². The van der Waals surface area contributed by atoms with Gasteiger partial charge in [-0.2, -0.15) is 0 Å². The Morgan fingerprint density at radius 1 is 1.23 bits per heavy atom. The number of nitrogens with zero attached hydrogens (tertiary/aromatic N) is 3. The maximum absolute atomic E-state index is 13.9. The number of halogens is 2. The highest BCUT2D eigenvalue weighted by atomic mass is 32.1. The van der Waals surface area contributed by atoms with E-state index in [4.69, 9.17) is 4.74 Å². The molecular weight excluding hydrogens is 480 g/mol. The number of nitrogens with one attached hydrogen (secondary N) is 2. The number of ether oxygens (including phenoxy) is 1. The summed E-state index contributed by atoms with van der Waals surface area (Å²) in [5.74, 6) is -3.42. The molecule has 2 aliphatic rings. The van der Waals surface area contributed by atoms with Crippen molar-refractivity contribution in [3.05, 3.63) is 44.4 Å². The van der Waals surface area contributed by atoms with Gasteiger partial charge >= 0.3 is 5.97 Å². The number of aryl methyl sites for hydroxylation is 2. The molecule has 12 heteroatoms. The van der Waals surface area contributed by atoms with Crippen molar-refractivity contribution < 1.29 is 23.1 Å². The number of hydrogen-bond donors (Lipinski definition) is 2. The summed E-state index contributed by atoms with van der Waals surface area (Å²) in [6, 6.07) is 1.55. The van der Waals surface area contributed by atoms with E-state index in [9.17, 15) is 23.2 Å². The second-order valence-electron chi connectivity index (χ2n) is 8.88. The molecule has 2 N–H and O–H groups in total. The molecule has 1 saturated carbocycles. The van der Waals surface area contributed by atoms with Crippen molar-refractivity contribution in [3.8, 4) is 0 Å². The van der Waals surface area contributed by atoms with Crippen molar-refractivity contribution >= 4 is 44.9 Å². The summed E-state index contributed by atoms with van der Waals surface area (Å²) >= 11 is 1.17. The first-order chi connectivity index (χ1) is 16.6. The quantitative estimate of drug-likeness (QED) is 0.517. The Bertz CT molecular complexity index is 1440. The summed E-state index contributed by atoms with van der Waals surface area (Å²) in [6.07, 6.45) is 0.376. The zero-order chi connectivity index (χ0) is 25.1. The first-order valence-electron chi connectivity index (χ1n) is 11.2. The van der Waals surface area contributed by atoms with Gasteiger partial charge in [-0.05, 0) is 50.8 Å². The third kappa shape index (κ3) is 3.67. The minimum atomic E-state index is -2.83. The standard InChI is InChI=1S/C23H23F2N5O4S/c1-4-34-21(33)16-12(3)14-17(26-10-27-19(14)35-16)28-13-9-11(2)15-18(31)29-23(30(15)20(13)32)7-5-22(24,25)6-8-23/h9-10H,4-8H2,1-3H3,(H,29,31)(H,26,27,28). The number of thiophene rings is 1. The Morgan fingerprint density at radius 2 is 1.94 bits per heavy atom. The molecule has 3 aromatic heterocycles. The molecule has 4 heterocycles. The summed E-state index contributed by atoms with van der Waals surface area (Å²) in [5.41, 5.74) is -0.243. The first-order valence-corrected chi connectivity index (χ1v) is 12.0. The summed E-state index contributed by atoms with van der Waals surface area (Å²) in [7, 11) is 0. The topological polar surface area (TPSA) is 115 Å². The highest BCUT2D eigenvalue weighted by Gasteiger charge is 2.51. The van der Waals surface area contributed by atoms with Crippen LogP contribution in [0.2, 0.25) is 0 Å². The zero-order valence-corrected chi connectivity index (χ0v) is 20.1. The van der Waals surface area contributed by atoms with Crippen LogP contribution < -0.4 is 16.2 Å². The molecule has 35 heavy (non-hydrogen) atoms. The Hall–Kier alpha value is -3.41. The van der Waals surface area contributed by atoms with Crippen LogP contribution in [0, 0.1) is 13.8 Å². The van der Waals surface area contributed by atoms with E-state index < -0.39 is 41.9 Å². The molecule has 1 aliphatic carbocycles. The third-order valence-electron chi connectivity index (χ3n) is 6.63. The van der Waals surface area contributed by atoms with Crippen LogP contribution in [0.3, 0.4) is 0 Å². The second-order valence-corrected chi connectivity index (χ2v) is 9.88. The normalized spacial score (nSPS) is 17.9. The number of rotatable bonds is 4. The minimum absolute atomic E-state index is 0.0498. The molecular formula is C23H23F2N5O4S. The smallest absolute Gasteiger partial charge is 0.348 e. The molecule has 1 aliphatic heterocycles. The number of carbonyl (C=O) groups is 2. The first kappa shape index (κ1) is 23.3. The van der Waals surface area contributed by atoms with Gasteiger partial charge in [-0.25, -0.2) is 23.5 Å². The van der Waals surface area contributed by atoms with Gasteiger partial charge in [-0.3, -0.25) is 14.2 Å². The van der Waals surface area contributed by atoms with Gasteiger partial charge in [0, 0.05) is 12.8 Å². The molecule has 0 bridgehead atoms. The minimum Gasteiger partial charge on any atom is -0.462 e. The lowest BCUT2D eigenvalue weighted by Gasteiger charge is -2.38. The van der Waals surface area contributed by atoms with Crippen LogP contribution in [0.1, 0.15) is 63.9 Å². The van der Waals surface area contributed by atoms with Gasteiger partial charge in [-0.15, -0.1) is 11.3 Å².